The average molecular weight is 489 g/mol. The van der Waals surface area contributed by atoms with Crippen molar-refractivity contribution in [2.24, 2.45) is 5.92 Å². The molecule has 0 bridgehead atoms. The maximum absolute atomic E-state index is 13.3. The van der Waals surface area contributed by atoms with Crippen molar-refractivity contribution in [3.05, 3.63) is 60.2 Å². The van der Waals surface area contributed by atoms with Crippen LogP contribution in [0, 0.1) is 12.8 Å². The lowest BCUT2D eigenvalue weighted by molar-refractivity contribution is 0.214. The summed E-state index contributed by atoms with van der Waals surface area (Å²) >= 11 is 0. The molecule has 1 aromatic carbocycles. The SMILES string of the molecule is Cc1ccc(S(=O)(=O)n2ccc3c2ncc2ncc(C4CC(OS(C)(=O)=O)CC4C)n23)cc1. The minimum atomic E-state index is -3.83. The molecular weight excluding hydrogens is 464 g/mol. The van der Waals surface area contributed by atoms with E-state index in [2.05, 4.69) is 16.9 Å². The number of aryl methyl sites for hydroxylation is 1. The van der Waals surface area contributed by atoms with Crippen molar-refractivity contribution in [2.75, 3.05) is 6.26 Å². The van der Waals surface area contributed by atoms with Gasteiger partial charge < -0.3 is 0 Å². The number of fused-ring (bicyclic) bond motifs is 3. The molecule has 3 heterocycles. The average Bonchev–Trinajstić information content (AvgIpc) is 3.42. The summed E-state index contributed by atoms with van der Waals surface area (Å²) in [4.78, 5) is 9.05. The van der Waals surface area contributed by atoms with Crippen molar-refractivity contribution in [1.29, 1.82) is 0 Å². The fourth-order valence-electron chi connectivity index (χ4n) is 4.75. The molecule has 1 aliphatic carbocycles. The van der Waals surface area contributed by atoms with Gasteiger partial charge in [-0.2, -0.15) is 8.42 Å². The number of rotatable bonds is 5. The predicted octanol–water partition coefficient (Wildman–Crippen LogP) is 3.09. The van der Waals surface area contributed by atoms with Gasteiger partial charge >= 0.3 is 0 Å². The Morgan fingerprint density at radius 3 is 2.42 bits per heavy atom. The molecule has 11 heteroatoms. The largest absolute Gasteiger partial charge is 0.292 e. The molecule has 1 saturated carbocycles. The van der Waals surface area contributed by atoms with Crippen LogP contribution in [0.25, 0.3) is 16.8 Å². The standard InChI is InChI=1S/C22H24N4O5S2/c1-14-4-6-17(7-5-14)33(29,30)25-9-8-19-22(25)24-13-21-23-12-20(26(19)21)18-11-16(10-15(18)2)31-32(3,27)28/h4-9,12-13,15-16,18H,10-11H2,1-3H3. The van der Waals surface area contributed by atoms with E-state index >= 15 is 0 Å². The Labute approximate surface area is 192 Å². The highest BCUT2D eigenvalue weighted by Crippen LogP contribution is 2.42. The molecule has 5 rings (SSSR count). The Hall–Kier alpha value is -2.76. The zero-order valence-corrected chi connectivity index (χ0v) is 20.0. The van der Waals surface area contributed by atoms with Gasteiger partial charge in [-0.1, -0.05) is 24.6 Å². The number of hydrogen-bond acceptors (Lipinski definition) is 7. The molecule has 0 saturated heterocycles. The van der Waals surface area contributed by atoms with Crippen molar-refractivity contribution in [1.82, 2.24) is 18.3 Å². The molecule has 0 amide bonds. The van der Waals surface area contributed by atoms with Crippen LogP contribution in [0.1, 0.15) is 36.9 Å². The summed E-state index contributed by atoms with van der Waals surface area (Å²) in [7, 11) is -7.37. The van der Waals surface area contributed by atoms with E-state index in [-0.39, 0.29) is 16.7 Å². The zero-order valence-electron chi connectivity index (χ0n) is 18.4. The maximum Gasteiger partial charge on any atom is 0.269 e. The minimum absolute atomic E-state index is 0.00871. The fraction of sp³-hybridized carbons (Fsp3) is 0.364. The van der Waals surface area contributed by atoms with Crippen LogP contribution in [0.2, 0.25) is 0 Å². The molecular formula is C22H24N4O5S2. The van der Waals surface area contributed by atoms with Gasteiger partial charge in [0.1, 0.15) is 0 Å². The van der Waals surface area contributed by atoms with Crippen molar-refractivity contribution in [3.8, 4) is 0 Å². The Bertz CT molecular complexity index is 1570. The van der Waals surface area contributed by atoms with Crippen LogP contribution in [0.3, 0.4) is 0 Å². The van der Waals surface area contributed by atoms with Crippen LogP contribution in [0.15, 0.2) is 53.8 Å². The molecule has 0 spiro atoms. The van der Waals surface area contributed by atoms with E-state index in [1.54, 1.807) is 42.7 Å². The third-order valence-corrected chi connectivity index (χ3v) is 8.57. The highest BCUT2D eigenvalue weighted by atomic mass is 32.2. The third-order valence-electron chi connectivity index (χ3n) is 6.27. The number of aromatic nitrogens is 4. The van der Waals surface area contributed by atoms with Crippen LogP contribution in [0.5, 0.6) is 0 Å². The van der Waals surface area contributed by atoms with Gasteiger partial charge in [0.05, 0.1) is 29.0 Å². The molecule has 174 valence electrons. The van der Waals surface area contributed by atoms with Gasteiger partial charge in [-0.15, -0.1) is 0 Å². The summed E-state index contributed by atoms with van der Waals surface area (Å²) < 4.78 is 58.1. The molecule has 4 aromatic rings. The summed E-state index contributed by atoms with van der Waals surface area (Å²) in [6, 6.07) is 8.40. The lowest BCUT2D eigenvalue weighted by atomic mass is 9.95. The molecule has 0 aliphatic heterocycles. The topological polar surface area (TPSA) is 113 Å². The van der Waals surface area contributed by atoms with Crippen molar-refractivity contribution in [2.45, 2.75) is 43.6 Å². The molecule has 0 N–H and O–H groups in total. The van der Waals surface area contributed by atoms with Crippen LogP contribution in [-0.4, -0.2) is 47.5 Å². The Morgan fingerprint density at radius 1 is 1.00 bits per heavy atom. The molecule has 3 atom stereocenters. The smallest absolute Gasteiger partial charge is 0.269 e. The van der Waals surface area contributed by atoms with E-state index in [4.69, 9.17) is 4.18 Å². The first kappa shape index (κ1) is 22.1. The lowest BCUT2D eigenvalue weighted by Crippen LogP contribution is -2.14. The number of benzene rings is 1. The molecule has 1 fully saturated rings. The summed E-state index contributed by atoms with van der Waals surface area (Å²) in [6.07, 6.45) is 6.63. The molecule has 3 unspecified atom stereocenters. The highest BCUT2D eigenvalue weighted by Gasteiger charge is 2.37. The number of nitrogens with zero attached hydrogens (tertiary/aromatic N) is 4. The molecule has 9 nitrogen and oxygen atoms in total. The second-order valence-corrected chi connectivity index (χ2v) is 12.2. The Kier molecular flexibility index (Phi) is 5.11. The number of imidazole rings is 1. The first-order valence-electron chi connectivity index (χ1n) is 10.6. The summed E-state index contributed by atoms with van der Waals surface area (Å²) in [5, 5.41) is 0. The van der Waals surface area contributed by atoms with Crippen LogP contribution < -0.4 is 0 Å². The van der Waals surface area contributed by atoms with Gasteiger partial charge in [-0.25, -0.2) is 22.4 Å². The Balaban J connectivity index is 1.60. The number of hydrogen-bond donors (Lipinski definition) is 0. The first-order valence-corrected chi connectivity index (χ1v) is 13.8. The van der Waals surface area contributed by atoms with E-state index in [1.165, 1.54) is 10.2 Å². The predicted molar refractivity (Wildman–Crippen MR) is 123 cm³/mol. The van der Waals surface area contributed by atoms with E-state index in [0.717, 1.165) is 17.5 Å². The van der Waals surface area contributed by atoms with Gasteiger partial charge in [0.25, 0.3) is 20.1 Å². The van der Waals surface area contributed by atoms with Gasteiger partial charge in [0.15, 0.2) is 11.3 Å². The quantitative estimate of drug-likeness (QED) is 0.397. The van der Waals surface area contributed by atoms with E-state index in [9.17, 15) is 16.8 Å². The summed E-state index contributed by atoms with van der Waals surface area (Å²) in [6.45, 7) is 3.96. The van der Waals surface area contributed by atoms with Crippen molar-refractivity contribution in [3.63, 3.8) is 0 Å². The fourth-order valence-corrected chi connectivity index (χ4v) is 6.70. The second-order valence-electron chi connectivity index (χ2n) is 8.75. The lowest BCUT2D eigenvalue weighted by Gasteiger charge is -2.15. The third kappa shape index (κ3) is 3.83. The maximum atomic E-state index is 13.3. The van der Waals surface area contributed by atoms with Gasteiger partial charge in [-0.3, -0.25) is 8.58 Å². The van der Waals surface area contributed by atoms with E-state index in [0.29, 0.717) is 29.7 Å². The van der Waals surface area contributed by atoms with E-state index in [1.807, 2.05) is 11.3 Å². The van der Waals surface area contributed by atoms with Gasteiger partial charge in [-0.05, 0) is 43.9 Å². The highest BCUT2D eigenvalue weighted by molar-refractivity contribution is 7.90. The van der Waals surface area contributed by atoms with Crippen molar-refractivity contribution < 1.29 is 21.0 Å². The molecule has 3 aromatic heterocycles. The van der Waals surface area contributed by atoms with Crippen LogP contribution in [0.4, 0.5) is 0 Å². The Morgan fingerprint density at radius 2 is 1.73 bits per heavy atom. The summed E-state index contributed by atoms with van der Waals surface area (Å²) in [5.41, 5.74) is 3.38. The molecule has 0 radical (unpaired) electrons. The van der Waals surface area contributed by atoms with Crippen LogP contribution in [-0.2, 0) is 24.3 Å². The second kappa shape index (κ2) is 7.64. The first-order chi connectivity index (χ1) is 15.5. The van der Waals surface area contributed by atoms with Gasteiger partial charge in [0.2, 0.25) is 0 Å². The van der Waals surface area contributed by atoms with Crippen LogP contribution >= 0.6 is 0 Å². The monoisotopic (exact) mass is 488 g/mol. The van der Waals surface area contributed by atoms with Gasteiger partial charge in [0, 0.05) is 24.0 Å². The van der Waals surface area contributed by atoms with Crippen molar-refractivity contribution >= 4 is 37.0 Å². The normalized spacial score (nSPS) is 21.8. The minimum Gasteiger partial charge on any atom is -0.292 e. The molecule has 33 heavy (non-hydrogen) atoms. The molecule has 1 aliphatic rings. The van der Waals surface area contributed by atoms with E-state index < -0.39 is 26.2 Å². The zero-order chi connectivity index (χ0) is 23.5. The summed E-state index contributed by atoms with van der Waals surface area (Å²) in [5.74, 6) is 0.174.